The van der Waals surface area contributed by atoms with Gasteiger partial charge in [0, 0.05) is 5.56 Å². The molecule has 0 spiro atoms. The topological polar surface area (TPSA) is 35.5 Å². The van der Waals surface area contributed by atoms with Crippen LogP contribution in [-0.2, 0) is 0 Å². The molecule has 0 atom stereocenters. The van der Waals surface area contributed by atoms with Gasteiger partial charge in [-0.25, -0.2) is 0 Å². The van der Waals surface area contributed by atoms with Crippen LogP contribution in [0.2, 0.25) is 0 Å². The number of hydrogen-bond donors (Lipinski definition) is 0. The lowest BCUT2D eigenvalue weighted by atomic mass is 10.00. The van der Waals surface area contributed by atoms with E-state index in [0.29, 0.717) is 11.3 Å². The smallest absolute Gasteiger partial charge is 0.150 e. The van der Waals surface area contributed by atoms with E-state index in [4.69, 9.17) is 9.47 Å². The molecule has 0 fully saturated rings. The first kappa shape index (κ1) is 14.1. The van der Waals surface area contributed by atoms with E-state index in [9.17, 15) is 4.79 Å². The van der Waals surface area contributed by atoms with Crippen LogP contribution in [0.5, 0.6) is 11.5 Å². The van der Waals surface area contributed by atoms with Crippen molar-refractivity contribution in [2.45, 2.75) is 20.0 Å². The SMILES string of the molecule is COc1ccc(-c2ccc(OC(C)C)cc2)c(C=O)c1. The molecule has 2 aromatic carbocycles. The third-order valence-electron chi connectivity index (χ3n) is 2.92. The molecular weight excluding hydrogens is 252 g/mol. The van der Waals surface area contributed by atoms with Gasteiger partial charge in [0.05, 0.1) is 13.2 Å². The fraction of sp³-hybridized carbons (Fsp3) is 0.235. The van der Waals surface area contributed by atoms with Crippen molar-refractivity contribution >= 4 is 6.29 Å². The van der Waals surface area contributed by atoms with Crippen LogP contribution in [-0.4, -0.2) is 19.5 Å². The normalized spacial score (nSPS) is 10.4. The lowest BCUT2D eigenvalue weighted by molar-refractivity contribution is 0.112. The van der Waals surface area contributed by atoms with Crippen LogP contribution in [0.3, 0.4) is 0 Å². The Morgan fingerprint density at radius 3 is 2.20 bits per heavy atom. The van der Waals surface area contributed by atoms with Gasteiger partial charge in [0.15, 0.2) is 6.29 Å². The second kappa shape index (κ2) is 6.24. The van der Waals surface area contributed by atoms with Crippen molar-refractivity contribution < 1.29 is 14.3 Å². The minimum atomic E-state index is 0.146. The molecule has 0 unspecified atom stereocenters. The Hall–Kier alpha value is -2.29. The summed E-state index contributed by atoms with van der Waals surface area (Å²) in [6.07, 6.45) is 0.989. The molecule has 0 aliphatic carbocycles. The highest BCUT2D eigenvalue weighted by Crippen LogP contribution is 2.28. The van der Waals surface area contributed by atoms with E-state index in [0.717, 1.165) is 23.2 Å². The Morgan fingerprint density at radius 1 is 1.00 bits per heavy atom. The number of carbonyl (C=O) groups is 1. The first-order valence-corrected chi connectivity index (χ1v) is 6.54. The molecule has 0 bridgehead atoms. The Labute approximate surface area is 119 Å². The van der Waals surface area contributed by atoms with Crippen LogP contribution in [0.1, 0.15) is 24.2 Å². The average molecular weight is 270 g/mol. The molecule has 3 heteroatoms. The summed E-state index contributed by atoms with van der Waals surface area (Å²) in [6.45, 7) is 3.98. The number of aldehydes is 1. The summed E-state index contributed by atoms with van der Waals surface area (Å²) in [7, 11) is 1.58. The maximum atomic E-state index is 11.2. The lowest BCUT2D eigenvalue weighted by Gasteiger charge is -2.11. The van der Waals surface area contributed by atoms with Gasteiger partial charge in [-0.1, -0.05) is 12.1 Å². The third kappa shape index (κ3) is 3.18. The fourth-order valence-corrected chi connectivity index (χ4v) is 2.01. The van der Waals surface area contributed by atoms with Crippen molar-refractivity contribution in [2.75, 3.05) is 7.11 Å². The molecule has 0 heterocycles. The van der Waals surface area contributed by atoms with Crippen LogP contribution >= 0.6 is 0 Å². The standard InChI is InChI=1S/C17H18O3/c1-12(2)20-15-6-4-13(5-7-15)17-9-8-16(19-3)10-14(17)11-18/h4-12H,1-3H3. The molecule has 0 aromatic heterocycles. The first-order chi connectivity index (χ1) is 9.63. The van der Waals surface area contributed by atoms with E-state index in [-0.39, 0.29) is 6.10 Å². The maximum absolute atomic E-state index is 11.2. The number of rotatable bonds is 5. The molecule has 0 aliphatic rings. The van der Waals surface area contributed by atoms with E-state index >= 15 is 0 Å². The first-order valence-electron chi connectivity index (χ1n) is 6.54. The van der Waals surface area contributed by atoms with Gasteiger partial charge in [-0.2, -0.15) is 0 Å². The Morgan fingerprint density at radius 2 is 1.65 bits per heavy atom. The van der Waals surface area contributed by atoms with E-state index in [2.05, 4.69) is 0 Å². The summed E-state index contributed by atoms with van der Waals surface area (Å²) in [6, 6.07) is 13.2. The van der Waals surface area contributed by atoms with Crippen LogP contribution in [0.15, 0.2) is 42.5 Å². The van der Waals surface area contributed by atoms with Gasteiger partial charge >= 0.3 is 0 Å². The summed E-state index contributed by atoms with van der Waals surface area (Å²) >= 11 is 0. The van der Waals surface area contributed by atoms with Gasteiger partial charge in [-0.15, -0.1) is 0 Å². The highest BCUT2D eigenvalue weighted by molar-refractivity contribution is 5.88. The monoisotopic (exact) mass is 270 g/mol. The molecule has 20 heavy (non-hydrogen) atoms. The minimum absolute atomic E-state index is 0.146. The van der Waals surface area contributed by atoms with Crippen molar-refractivity contribution in [3.63, 3.8) is 0 Å². The molecule has 2 rings (SSSR count). The highest BCUT2D eigenvalue weighted by atomic mass is 16.5. The summed E-state index contributed by atoms with van der Waals surface area (Å²) in [5, 5.41) is 0. The number of hydrogen-bond acceptors (Lipinski definition) is 3. The van der Waals surface area contributed by atoms with Crippen molar-refractivity contribution in [2.24, 2.45) is 0 Å². The molecule has 0 radical (unpaired) electrons. The third-order valence-corrected chi connectivity index (χ3v) is 2.92. The zero-order valence-corrected chi connectivity index (χ0v) is 11.9. The predicted octanol–water partition coefficient (Wildman–Crippen LogP) is 3.96. The van der Waals surface area contributed by atoms with Gasteiger partial charge in [0.2, 0.25) is 0 Å². The Kier molecular flexibility index (Phi) is 4.41. The van der Waals surface area contributed by atoms with E-state index in [1.807, 2.05) is 50.2 Å². The van der Waals surface area contributed by atoms with E-state index < -0.39 is 0 Å². The minimum Gasteiger partial charge on any atom is -0.497 e. The van der Waals surface area contributed by atoms with Crippen molar-refractivity contribution in [1.29, 1.82) is 0 Å². The quantitative estimate of drug-likeness (QED) is 0.771. The second-order valence-corrected chi connectivity index (χ2v) is 4.76. The van der Waals surface area contributed by atoms with Crippen LogP contribution in [0.25, 0.3) is 11.1 Å². The second-order valence-electron chi connectivity index (χ2n) is 4.76. The molecule has 0 saturated heterocycles. The molecule has 0 aliphatic heterocycles. The highest BCUT2D eigenvalue weighted by Gasteiger charge is 2.07. The molecule has 0 amide bonds. The Bertz CT molecular complexity index is 586. The van der Waals surface area contributed by atoms with Crippen LogP contribution in [0.4, 0.5) is 0 Å². The molecule has 2 aromatic rings. The summed E-state index contributed by atoms with van der Waals surface area (Å²) in [5.41, 5.74) is 2.48. The summed E-state index contributed by atoms with van der Waals surface area (Å²) < 4.78 is 10.7. The van der Waals surface area contributed by atoms with Gasteiger partial charge in [0.25, 0.3) is 0 Å². The average Bonchev–Trinajstić information content (AvgIpc) is 2.47. The fourth-order valence-electron chi connectivity index (χ4n) is 2.01. The van der Waals surface area contributed by atoms with E-state index in [1.54, 1.807) is 13.2 Å². The van der Waals surface area contributed by atoms with Crippen molar-refractivity contribution in [3.8, 4) is 22.6 Å². The van der Waals surface area contributed by atoms with Gasteiger partial charge < -0.3 is 9.47 Å². The maximum Gasteiger partial charge on any atom is 0.150 e. The van der Waals surface area contributed by atoms with Gasteiger partial charge in [-0.05, 0) is 55.3 Å². The largest absolute Gasteiger partial charge is 0.497 e. The Balaban J connectivity index is 2.33. The van der Waals surface area contributed by atoms with E-state index in [1.165, 1.54) is 0 Å². The zero-order valence-electron chi connectivity index (χ0n) is 11.9. The molecule has 3 nitrogen and oxygen atoms in total. The number of ether oxygens (including phenoxy) is 2. The number of methoxy groups -OCH3 is 1. The molecular formula is C17H18O3. The van der Waals surface area contributed by atoms with Crippen LogP contribution in [0, 0.1) is 0 Å². The van der Waals surface area contributed by atoms with Gasteiger partial charge in [0.1, 0.15) is 11.5 Å². The molecule has 0 N–H and O–H groups in total. The number of benzene rings is 2. The van der Waals surface area contributed by atoms with Crippen molar-refractivity contribution in [3.05, 3.63) is 48.0 Å². The molecule has 104 valence electrons. The van der Waals surface area contributed by atoms with Gasteiger partial charge in [-0.3, -0.25) is 4.79 Å². The zero-order chi connectivity index (χ0) is 14.5. The summed E-state index contributed by atoms with van der Waals surface area (Å²) in [4.78, 5) is 11.2. The molecule has 0 saturated carbocycles. The lowest BCUT2D eigenvalue weighted by Crippen LogP contribution is -2.05. The number of carbonyl (C=O) groups excluding carboxylic acids is 1. The summed E-state index contributed by atoms with van der Waals surface area (Å²) in [5.74, 6) is 1.50. The van der Waals surface area contributed by atoms with Crippen molar-refractivity contribution in [1.82, 2.24) is 0 Å². The van der Waals surface area contributed by atoms with Crippen LogP contribution < -0.4 is 9.47 Å². The predicted molar refractivity (Wildman–Crippen MR) is 79.6 cm³/mol.